The molecule has 2 aromatic rings. The number of carbonyl (C=O) groups excluding carboxylic acids is 2. The zero-order valence-corrected chi connectivity index (χ0v) is 17.1. The fourth-order valence-corrected chi connectivity index (χ4v) is 2.59. The maximum Gasteiger partial charge on any atom is 0.259 e. The third-order valence-electron chi connectivity index (χ3n) is 4.29. The smallest absolute Gasteiger partial charge is 0.259 e. The topological polar surface area (TPSA) is 83.0 Å². The average Bonchev–Trinajstić information content (AvgIpc) is 2.73. The second-order valence-electron chi connectivity index (χ2n) is 6.76. The number of benzene rings is 2. The Morgan fingerprint density at radius 3 is 2.34 bits per heavy atom. The van der Waals surface area contributed by atoms with Crippen molar-refractivity contribution in [1.82, 2.24) is 10.7 Å². The average molecular weight is 396 g/mol. The molecular weight excluding hydrogens is 368 g/mol. The summed E-state index contributed by atoms with van der Waals surface area (Å²) in [5.41, 5.74) is 5.51. The van der Waals surface area contributed by atoms with Gasteiger partial charge in [0.2, 0.25) is 5.91 Å². The molecule has 0 heterocycles. The normalized spacial score (nSPS) is 10.6. The van der Waals surface area contributed by atoms with Crippen molar-refractivity contribution in [2.75, 3.05) is 32.6 Å². The highest BCUT2D eigenvalue weighted by Gasteiger charge is 2.05. The van der Waals surface area contributed by atoms with Gasteiger partial charge in [0, 0.05) is 26.2 Å². The van der Waals surface area contributed by atoms with Gasteiger partial charge in [-0.1, -0.05) is 24.3 Å². The highest BCUT2D eigenvalue weighted by atomic mass is 16.5. The Kier molecular flexibility index (Phi) is 8.69. The largest absolute Gasteiger partial charge is 0.497 e. The Labute approximate surface area is 171 Å². The summed E-state index contributed by atoms with van der Waals surface area (Å²) in [7, 11) is 5.57. The maximum atomic E-state index is 11.9. The highest BCUT2D eigenvalue weighted by molar-refractivity contribution is 5.86. The van der Waals surface area contributed by atoms with Gasteiger partial charge in [0.05, 0.1) is 19.9 Å². The molecule has 0 saturated heterocycles. The highest BCUT2D eigenvalue weighted by Crippen LogP contribution is 2.13. The van der Waals surface area contributed by atoms with E-state index >= 15 is 0 Å². The van der Waals surface area contributed by atoms with Crippen molar-refractivity contribution in [2.45, 2.75) is 19.3 Å². The second kappa shape index (κ2) is 11.5. The first-order valence-corrected chi connectivity index (χ1v) is 9.47. The molecule has 0 radical (unpaired) electrons. The Morgan fingerprint density at radius 2 is 1.72 bits per heavy atom. The molecule has 0 aromatic heterocycles. The van der Waals surface area contributed by atoms with Gasteiger partial charge < -0.3 is 15.0 Å². The van der Waals surface area contributed by atoms with Crippen LogP contribution in [0.1, 0.15) is 24.0 Å². The van der Waals surface area contributed by atoms with Crippen LogP contribution in [0.3, 0.4) is 0 Å². The van der Waals surface area contributed by atoms with E-state index in [0.29, 0.717) is 12.8 Å². The summed E-state index contributed by atoms with van der Waals surface area (Å²) in [4.78, 5) is 25.6. The number of anilines is 1. The number of methoxy groups -OCH3 is 1. The van der Waals surface area contributed by atoms with Crippen LogP contribution in [0.15, 0.2) is 53.6 Å². The van der Waals surface area contributed by atoms with E-state index in [2.05, 4.69) is 15.8 Å². The lowest BCUT2D eigenvalue weighted by molar-refractivity contribution is -0.126. The molecule has 0 atom stereocenters. The Bertz CT molecular complexity index is 815. The van der Waals surface area contributed by atoms with Crippen LogP contribution in [-0.4, -0.2) is 45.8 Å². The molecule has 29 heavy (non-hydrogen) atoms. The summed E-state index contributed by atoms with van der Waals surface area (Å²) < 4.78 is 5.12. The summed E-state index contributed by atoms with van der Waals surface area (Å²) in [6.45, 7) is -0.0989. The number of carbonyl (C=O) groups is 2. The number of nitrogens with zero attached hydrogens (tertiary/aromatic N) is 2. The summed E-state index contributed by atoms with van der Waals surface area (Å²) in [6, 6.07) is 15.5. The first kappa shape index (κ1) is 21.9. The van der Waals surface area contributed by atoms with Crippen molar-refractivity contribution in [1.29, 1.82) is 0 Å². The van der Waals surface area contributed by atoms with Crippen LogP contribution in [0.4, 0.5) is 5.69 Å². The van der Waals surface area contributed by atoms with Gasteiger partial charge in [-0.05, 0) is 48.2 Å². The van der Waals surface area contributed by atoms with Crippen LogP contribution < -0.4 is 20.4 Å². The van der Waals surface area contributed by atoms with E-state index in [4.69, 9.17) is 4.74 Å². The van der Waals surface area contributed by atoms with Gasteiger partial charge in [0.15, 0.2) is 0 Å². The zero-order chi connectivity index (χ0) is 21.1. The van der Waals surface area contributed by atoms with E-state index < -0.39 is 0 Å². The zero-order valence-electron chi connectivity index (χ0n) is 17.1. The Balaban J connectivity index is 1.62. The number of ether oxygens (including phenoxy) is 1. The number of rotatable bonds is 10. The molecule has 2 rings (SSSR count). The minimum Gasteiger partial charge on any atom is -0.497 e. The lowest BCUT2D eigenvalue weighted by Gasteiger charge is -2.11. The van der Waals surface area contributed by atoms with Crippen LogP contribution in [0.25, 0.3) is 0 Å². The number of nitrogens with one attached hydrogen (secondary N) is 2. The lowest BCUT2D eigenvalue weighted by atomic mass is 10.1. The first-order valence-electron chi connectivity index (χ1n) is 9.47. The quantitative estimate of drug-likeness (QED) is 0.477. The monoisotopic (exact) mass is 396 g/mol. The Hall–Kier alpha value is -3.35. The van der Waals surface area contributed by atoms with Gasteiger partial charge in [-0.25, -0.2) is 5.43 Å². The molecule has 0 fully saturated rings. The second-order valence-corrected chi connectivity index (χ2v) is 6.76. The number of hydrazone groups is 1. The van der Waals surface area contributed by atoms with Gasteiger partial charge >= 0.3 is 0 Å². The molecule has 7 heteroatoms. The van der Waals surface area contributed by atoms with Crippen LogP contribution in [-0.2, 0) is 16.0 Å². The van der Waals surface area contributed by atoms with E-state index in [-0.39, 0.29) is 18.4 Å². The van der Waals surface area contributed by atoms with Gasteiger partial charge in [0.1, 0.15) is 5.75 Å². The molecule has 0 saturated carbocycles. The van der Waals surface area contributed by atoms with E-state index in [1.807, 2.05) is 67.5 Å². The van der Waals surface area contributed by atoms with Gasteiger partial charge in [-0.15, -0.1) is 0 Å². The minimum absolute atomic E-state index is 0.0989. The van der Waals surface area contributed by atoms with Crippen LogP contribution >= 0.6 is 0 Å². The van der Waals surface area contributed by atoms with Crippen molar-refractivity contribution in [2.24, 2.45) is 5.10 Å². The third kappa shape index (κ3) is 8.04. The van der Waals surface area contributed by atoms with E-state index in [1.165, 1.54) is 0 Å². The fourth-order valence-electron chi connectivity index (χ4n) is 2.59. The molecule has 0 bridgehead atoms. The number of hydrogen-bond acceptors (Lipinski definition) is 5. The number of hydrogen-bond donors (Lipinski definition) is 2. The first-order chi connectivity index (χ1) is 14.0. The maximum absolute atomic E-state index is 11.9. The summed E-state index contributed by atoms with van der Waals surface area (Å²) in [6.07, 6.45) is 3.43. The molecule has 0 aliphatic rings. The van der Waals surface area contributed by atoms with Crippen molar-refractivity contribution < 1.29 is 14.3 Å². The van der Waals surface area contributed by atoms with Crippen LogP contribution in [0.2, 0.25) is 0 Å². The van der Waals surface area contributed by atoms with Gasteiger partial charge in [0.25, 0.3) is 5.91 Å². The van der Waals surface area contributed by atoms with Crippen molar-refractivity contribution in [3.05, 3.63) is 59.7 Å². The molecule has 2 N–H and O–H groups in total. The molecule has 0 aliphatic heterocycles. The summed E-state index contributed by atoms with van der Waals surface area (Å²) in [5.74, 6) is 0.289. The van der Waals surface area contributed by atoms with E-state index in [0.717, 1.165) is 29.0 Å². The molecule has 2 aromatic carbocycles. The predicted octanol–water partition coefficient (Wildman–Crippen LogP) is 2.35. The molecule has 0 spiro atoms. The molecule has 0 aliphatic carbocycles. The van der Waals surface area contributed by atoms with Gasteiger partial charge in [-0.2, -0.15) is 5.10 Å². The van der Waals surface area contributed by atoms with Crippen LogP contribution in [0.5, 0.6) is 5.75 Å². The molecule has 154 valence electrons. The minimum atomic E-state index is -0.366. The molecule has 0 unspecified atom stereocenters. The van der Waals surface area contributed by atoms with Crippen molar-refractivity contribution in [3.8, 4) is 5.75 Å². The predicted molar refractivity (Wildman–Crippen MR) is 115 cm³/mol. The lowest BCUT2D eigenvalue weighted by Crippen LogP contribution is -2.34. The summed E-state index contributed by atoms with van der Waals surface area (Å²) >= 11 is 0. The number of aryl methyl sites for hydroxylation is 1. The molecule has 2 amide bonds. The SMILES string of the molecule is COc1ccc(CCCC(=O)NCC(=O)N/N=C/c2ccc(N(C)C)cc2)cc1. The van der Waals surface area contributed by atoms with Crippen molar-refractivity contribution in [3.63, 3.8) is 0 Å². The molecular formula is C22H28N4O3. The Morgan fingerprint density at radius 1 is 1.03 bits per heavy atom. The molecule has 7 nitrogen and oxygen atoms in total. The van der Waals surface area contributed by atoms with Gasteiger partial charge in [-0.3, -0.25) is 9.59 Å². The van der Waals surface area contributed by atoms with E-state index in [9.17, 15) is 9.59 Å². The third-order valence-corrected chi connectivity index (χ3v) is 4.29. The van der Waals surface area contributed by atoms with Crippen LogP contribution in [0, 0.1) is 0 Å². The number of amides is 2. The fraction of sp³-hybridized carbons (Fsp3) is 0.318. The standard InChI is InChI=1S/C22H28N4O3/c1-26(2)19-11-7-18(8-12-19)15-24-25-22(28)16-23-21(27)6-4-5-17-9-13-20(29-3)14-10-17/h7-15H,4-6,16H2,1-3H3,(H,23,27)(H,25,28)/b24-15+. The van der Waals surface area contributed by atoms with Crippen molar-refractivity contribution >= 4 is 23.7 Å². The van der Waals surface area contributed by atoms with E-state index in [1.54, 1.807) is 13.3 Å². The summed E-state index contributed by atoms with van der Waals surface area (Å²) in [5, 5.41) is 6.52.